The minimum Gasteiger partial charge on any atom is -0.444 e. The van der Waals surface area contributed by atoms with Crippen LogP contribution in [-0.4, -0.2) is 11.7 Å². The number of primary amides is 1. The fourth-order valence-corrected chi connectivity index (χ4v) is 1.19. The molecule has 0 heterocycles. The van der Waals surface area contributed by atoms with Crippen LogP contribution in [0.4, 0.5) is 4.79 Å². The second-order valence-corrected chi connectivity index (χ2v) is 5.57. The number of halogens is 1. The molecule has 90 valence electrons. The fourth-order valence-electron chi connectivity index (χ4n) is 0.835. The zero-order chi connectivity index (χ0) is 12.8. The highest BCUT2D eigenvalue weighted by Gasteiger charge is 2.12. The predicted octanol–water partition coefficient (Wildman–Crippen LogP) is 3.48. The molecule has 4 heteroatoms. The maximum atomic E-state index is 10.0. The molecular formula is C12H18INO2. The first-order chi connectivity index (χ1) is 7.20. The third-order valence-corrected chi connectivity index (χ3v) is 2.14. The van der Waals surface area contributed by atoms with Crippen LogP contribution in [0.5, 0.6) is 0 Å². The highest BCUT2D eigenvalue weighted by Crippen LogP contribution is 2.05. The van der Waals surface area contributed by atoms with Crippen molar-refractivity contribution < 1.29 is 9.53 Å². The summed E-state index contributed by atoms with van der Waals surface area (Å²) in [6.45, 7) is 7.38. The molecule has 1 aromatic carbocycles. The van der Waals surface area contributed by atoms with Gasteiger partial charge in [-0.2, -0.15) is 0 Å². The van der Waals surface area contributed by atoms with Gasteiger partial charge in [-0.05, 0) is 62.4 Å². The second kappa shape index (κ2) is 6.73. The van der Waals surface area contributed by atoms with Crippen LogP contribution in [0.2, 0.25) is 0 Å². The van der Waals surface area contributed by atoms with Gasteiger partial charge in [-0.25, -0.2) is 4.79 Å². The fraction of sp³-hybridized carbons (Fsp3) is 0.417. The highest BCUT2D eigenvalue weighted by molar-refractivity contribution is 14.1. The van der Waals surface area contributed by atoms with E-state index in [1.165, 1.54) is 9.13 Å². The highest BCUT2D eigenvalue weighted by atomic mass is 127. The van der Waals surface area contributed by atoms with Crippen LogP contribution >= 0.6 is 22.6 Å². The van der Waals surface area contributed by atoms with Crippen LogP contribution in [0.25, 0.3) is 0 Å². The van der Waals surface area contributed by atoms with Crippen molar-refractivity contribution >= 4 is 28.7 Å². The van der Waals surface area contributed by atoms with Gasteiger partial charge in [0.05, 0.1) is 0 Å². The molecule has 0 aliphatic rings. The topological polar surface area (TPSA) is 52.3 Å². The van der Waals surface area contributed by atoms with E-state index >= 15 is 0 Å². The summed E-state index contributed by atoms with van der Waals surface area (Å²) >= 11 is 2.30. The summed E-state index contributed by atoms with van der Waals surface area (Å²) in [6.07, 6.45) is -0.725. The average Bonchev–Trinajstić information content (AvgIpc) is 2.07. The average molecular weight is 335 g/mol. The Bertz CT molecular complexity index is 307. The SMILES string of the molecule is CC(C)(C)OC(N)=O.Cc1ccc(I)cc1. The standard InChI is InChI=1S/C7H7I.C5H11NO2/c1-6-2-4-7(8)5-3-6;1-5(2,3)8-4(6)7/h2-5H,1H3;1-3H3,(H2,6,7). The molecule has 0 saturated heterocycles. The lowest BCUT2D eigenvalue weighted by molar-refractivity contribution is 0.0600. The molecule has 3 nitrogen and oxygen atoms in total. The smallest absolute Gasteiger partial charge is 0.405 e. The van der Waals surface area contributed by atoms with Crippen molar-refractivity contribution in [2.45, 2.75) is 33.3 Å². The number of hydrogen-bond acceptors (Lipinski definition) is 2. The van der Waals surface area contributed by atoms with Crippen LogP contribution in [0.1, 0.15) is 26.3 Å². The van der Waals surface area contributed by atoms with E-state index in [9.17, 15) is 4.79 Å². The zero-order valence-electron chi connectivity index (χ0n) is 10.1. The molecule has 2 N–H and O–H groups in total. The Morgan fingerprint density at radius 1 is 1.25 bits per heavy atom. The van der Waals surface area contributed by atoms with Crippen LogP contribution in [-0.2, 0) is 4.74 Å². The Labute approximate surface area is 111 Å². The van der Waals surface area contributed by atoms with Gasteiger partial charge in [-0.3, -0.25) is 0 Å². The summed E-state index contributed by atoms with van der Waals surface area (Å²) in [5.74, 6) is 0. The summed E-state index contributed by atoms with van der Waals surface area (Å²) in [5, 5.41) is 0. The van der Waals surface area contributed by atoms with Crippen LogP contribution in [0.15, 0.2) is 24.3 Å². The maximum absolute atomic E-state index is 10.0. The maximum Gasteiger partial charge on any atom is 0.405 e. The van der Waals surface area contributed by atoms with Crippen molar-refractivity contribution in [2.24, 2.45) is 5.73 Å². The Morgan fingerprint density at radius 2 is 1.69 bits per heavy atom. The summed E-state index contributed by atoms with van der Waals surface area (Å²) < 4.78 is 5.88. The van der Waals surface area contributed by atoms with E-state index in [-0.39, 0.29) is 0 Å². The quantitative estimate of drug-likeness (QED) is 0.738. The van der Waals surface area contributed by atoms with E-state index in [1.54, 1.807) is 20.8 Å². The molecule has 16 heavy (non-hydrogen) atoms. The van der Waals surface area contributed by atoms with E-state index in [1.807, 2.05) is 0 Å². The van der Waals surface area contributed by atoms with Gasteiger partial charge in [0.15, 0.2) is 0 Å². The largest absolute Gasteiger partial charge is 0.444 e. The Hall–Kier alpha value is -0.780. The summed E-state index contributed by atoms with van der Waals surface area (Å²) in [4.78, 5) is 10.0. The molecule has 0 fully saturated rings. The van der Waals surface area contributed by atoms with Gasteiger partial charge in [0.2, 0.25) is 0 Å². The van der Waals surface area contributed by atoms with Gasteiger partial charge in [-0.1, -0.05) is 17.7 Å². The molecule has 0 atom stereocenters. The Morgan fingerprint density at radius 3 is 1.88 bits per heavy atom. The molecule has 0 bridgehead atoms. The number of carbonyl (C=O) groups excluding carboxylic acids is 1. The van der Waals surface area contributed by atoms with Crippen molar-refractivity contribution in [1.29, 1.82) is 0 Å². The number of hydrogen-bond donors (Lipinski definition) is 1. The van der Waals surface area contributed by atoms with E-state index in [0.29, 0.717) is 0 Å². The number of nitrogens with two attached hydrogens (primary N) is 1. The Kier molecular flexibility index (Phi) is 6.40. The normalized spacial score (nSPS) is 10.1. The third kappa shape index (κ3) is 9.76. The second-order valence-electron chi connectivity index (χ2n) is 4.33. The number of aryl methyl sites for hydroxylation is 1. The van der Waals surface area contributed by atoms with E-state index in [0.717, 1.165) is 0 Å². The lowest BCUT2D eigenvalue weighted by atomic mass is 10.2. The first-order valence-corrected chi connectivity index (χ1v) is 5.99. The molecule has 0 saturated carbocycles. The molecule has 0 unspecified atom stereocenters. The first kappa shape index (κ1) is 15.2. The van der Waals surface area contributed by atoms with E-state index < -0.39 is 11.7 Å². The van der Waals surface area contributed by atoms with Crippen molar-refractivity contribution in [3.05, 3.63) is 33.4 Å². The molecule has 1 rings (SSSR count). The van der Waals surface area contributed by atoms with Gasteiger partial charge in [0.1, 0.15) is 5.60 Å². The van der Waals surface area contributed by atoms with Crippen molar-refractivity contribution in [2.75, 3.05) is 0 Å². The van der Waals surface area contributed by atoms with Gasteiger partial charge in [0.25, 0.3) is 0 Å². The minimum atomic E-state index is -0.725. The Balaban J connectivity index is 0.000000281. The monoisotopic (exact) mass is 335 g/mol. The minimum absolute atomic E-state index is 0.453. The van der Waals surface area contributed by atoms with Crippen molar-refractivity contribution in [1.82, 2.24) is 0 Å². The third-order valence-electron chi connectivity index (χ3n) is 1.42. The van der Waals surface area contributed by atoms with Crippen molar-refractivity contribution in [3.8, 4) is 0 Å². The molecular weight excluding hydrogens is 317 g/mol. The zero-order valence-corrected chi connectivity index (χ0v) is 12.2. The summed E-state index contributed by atoms with van der Waals surface area (Å²) in [7, 11) is 0. The predicted molar refractivity (Wildman–Crippen MR) is 74.3 cm³/mol. The molecule has 0 aromatic heterocycles. The number of ether oxygens (including phenoxy) is 1. The van der Waals surface area contributed by atoms with Gasteiger partial charge in [-0.15, -0.1) is 0 Å². The van der Waals surface area contributed by atoms with Gasteiger partial charge in [0, 0.05) is 3.57 Å². The summed E-state index contributed by atoms with van der Waals surface area (Å²) in [6, 6.07) is 8.44. The number of rotatable bonds is 0. The van der Waals surface area contributed by atoms with E-state index in [4.69, 9.17) is 5.73 Å². The molecule has 0 spiro atoms. The molecule has 0 radical (unpaired) electrons. The lowest BCUT2D eigenvalue weighted by Gasteiger charge is -2.16. The molecule has 0 aliphatic heterocycles. The van der Waals surface area contributed by atoms with Gasteiger partial charge < -0.3 is 10.5 Å². The molecule has 0 aliphatic carbocycles. The number of benzene rings is 1. The van der Waals surface area contributed by atoms with E-state index in [2.05, 4.69) is 58.5 Å². The molecule has 1 aromatic rings. The van der Waals surface area contributed by atoms with Crippen LogP contribution < -0.4 is 5.73 Å². The summed E-state index contributed by atoms with van der Waals surface area (Å²) in [5.41, 5.74) is 5.59. The lowest BCUT2D eigenvalue weighted by Crippen LogP contribution is -2.27. The van der Waals surface area contributed by atoms with Crippen LogP contribution in [0, 0.1) is 10.5 Å². The van der Waals surface area contributed by atoms with Crippen LogP contribution in [0.3, 0.4) is 0 Å². The van der Waals surface area contributed by atoms with Gasteiger partial charge >= 0.3 is 6.09 Å². The number of amides is 1. The molecule has 1 amide bonds. The number of carbonyl (C=O) groups is 1. The first-order valence-electron chi connectivity index (χ1n) is 4.91. The van der Waals surface area contributed by atoms with Crippen molar-refractivity contribution in [3.63, 3.8) is 0 Å².